The van der Waals surface area contributed by atoms with Crippen molar-refractivity contribution >= 4 is 40.2 Å². The largest absolute Gasteiger partial charge is 0.480 e. The molecule has 138 valence electrons. The fraction of sp³-hybridized carbons (Fsp3) is 0.500. The van der Waals surface area contributed by atoms with E-state index in [-0.39, 0.29) is 22.8 Å². The van der Waals surface area contributed by atoms with Crippen molar-refractivity contribution in [2.24, 2.45) is 5.18 Å². The van der Waals surface area contributed by atoms with Gasteiger partial charge in [0, 0.05) is 18.0 Å². The Bertz CT molecular complexity index is 775. The number of carboxylic acid groups (broad SMARTS) is 1. The van der Waals surface area contributed by atoms with Crippen LogP contribution in [0.4, 0.5) is 0 Å². The van der Waals surface area contributed by atoms with E-state index in [2.05, 4.69) is 22.5 Å². The molecule has 1 fully saturated rings. The Labute approximate surface area is 156 Å². The van der Waals surface area contributed by atoms with E-state index >= 15 is 0 Å². The molecule has 0 aliphatic carbocycles. The summed E-state index contributed by atoms with van der Waals surface area (Å²) in [7, 11) is -2.43. The summed E-state index contributed by atoms with van der Waals surface area (Å²) in [6.07, 6.45) is 0.101. The second-order valence-corrected chi connectivity index (χ2v) is 8.71. The van der Waals surface area contributed by atoms with Crippen LogP contribution in [0.15, 0.2) is 34.3 Å². The van der Waals surface area contributed by atoms with Gasteiger partial charge in [-0.05, 0) is 31.7 Å². The Morgan fingerprint density at radius 3 is 2.76 bits per heavy atom. The number of carbonyl (C=O) groups is 1. The highest BCUT2D eigenvalue weighted by Gasteiger charge is 2.50. The quantitative estimate of drug-likeness (QED) is 0.486. The molecule has 1 saturated heterocycles. The number of nitrogens with one attached hydrogen (secondary N) is 1. The third-order valence-corrected chi connectivity index (χ3v) is 6.52. The van der Waals surface area contributed by atoms with Crippen molar-refractivity contribution in [1.82, 2.24) is 9.62 Å². The first-order chi connectivity index (χ1) is 11.6. The number of piperidine rings is 1. The van der Waals surface area contributed by atoms with Crippen molar-refractivity contribution in [2.75, 3.05) is 13.6 Å². The van der Waals surface area contributed by atoms with E-state index in [1.54, 1.807) is 7.05 Å². The second kappa shape index (κ2) is 7.58. The van der Waals surface area contributed by atoms with Gasteiger partial charge in [-0.3, -0.25) is 9.69 Å². The molecule has 1 aliphatic heterocycles. The summed E-state index contributed by atoms with van der Waals surface area (Å²) in [6.45, 7) is 0.364. The van der Waals surface area contributed by atoms with Gasteiger partial charge in [-0.1, -0.05) is 22.8 Å². The van der Waals surface area contributed by atoms with Crippen LogP contribution in [-0.2, 0) is 14.8 Å². The molecule has 8 nitrogen and oxygen atoms in total. The number of thiol groups is 1. The van der Waals surface area contributed by atoms with Gasteiger partial charge in [0.15, 0.2) is 0 Å². The van der Waals surface area contributed by atoms with E-state index < -0.39 is 32.9 Å². The van der Waals surface area contributed by atoms with Crippen LogP contribution in [0, 0.1) is 4.91 Å². The first-order valence-corrected chi connectivity index (χ1v) is 9.72. The fourth-order valence-corrected chi connectivity index (χ4v) is 4.73. The number of nitrogens with zero attached hydrogens (tertiary/aromatic N) is 2. The molecular formula is C14H18ClN3O5S2. The number of rotatable bonds is 6. The first-order valence-electron chi connectivity index (χ1n) is 7.35. The Balaban J connectivity index is 2.38. The highest BCUT2D eigenvalue weighted by atomic mass is 35.5. The number of sulfonamides is 1. The maximum atomic E-state index is 12.5. The van der Waals surface area contributed by atoms with Gasteiger partial charge in [-0.15, -0.1) is 0 Å². The lowest BCUT2D eigenvalue weighted by atomic mass is 9.82. The molecule has 3 unspecified atom stereocenters. The van der Waals surface area contributed by atoms with E-state index in [9.17, 15) is 23.2 Å². The van der Waals surface area contributed by atoms with E-state index in [4.69, 9.17) is 11.6 Å². The number of aliphatic carboxylic acids is 1. The Morgan fingerprint density at radius 1 is 1.56 bits per heavy atom. The smallest absolute Gasteiger partial charge is 0.324 e. The van der Waals surface area contributed by atoms with Gasteiger partial charge >= 0.3 is 5.97 Å². The number of likely N-dealkylation sites (tertiary alicyclic amines) is 1. The zero-order valence-electron chi connectivity index (χ0n) is 13.3. The maximum Gasteiger partial charge on any atom is 0.324 e. The molecule has 25 heavy (non-hydrogen) atoms. The summed E-state index contributed by atoms with van der Waals surface area (Å²) >= 11 is 10.1. The first kappa shape index (κ1) is 20.1. The number of nitroso groups, excluding NO2 is 1. The van der Waals surface area contributed by atoms with Gasteiger partial charge < -0.3 is 5.11 Å². The van der Waals surface area contributed by atoms with Crippen molar-refractivity contribution in [3.05, 3.63) is 34.2 Å². The SMILES string of the molecule is CN1CCC(N=O)(C(NS(=O)(=O)c2cccc(Cl)c2)C(=O)O)CC1S. The van der Waals surface area contributed by atoms with Crippen LogP contribution in [0.2, 0.25) is 5.02 Å². The van der Waals surface area contributed by atoms with Gasteiger partial charge in [0.2, 0.25) is 10.0 Å². The highest BCUT2D eigenvalue weighted by Crippen LogP contribution is 2.35. The van der Waals surface area contributed by atoms with Crippen LogP contribution in [0.25, 0.3) is 0 Å². The van der Waals surface area contributed by atoms with E-state index in [0.29, 0.717) is 6.54 Å². The molecule has 2 rings (SSSR count). The van der Waals surface area contributed by atoms with Crippen molar-refractivity contribution in [3.8, 4) is 0 Å². The predicted molar refractivity (Wildman–Crippen MR) is 96.4 cm³/mol. The molecule has 1 heterocycles. The molecule has 3 atom stereocenters. The van der Waals surface area contributed by atoms with Gasteiger partial charge in [0.1, 0.15) is 11.6 Å². The van der Waals surface area contributed by atoms with Crippen molar-refractivity contribution in [1.29, 1.82) is 0 Å². The summed E-state index contributed by atoms with van der Waals surface area (Å²) < 4.78 is 27.2. The average molecular weight is 408 g/mol. The Hall–Kier alpha value is -1.20. The molecule has 11 heteroatoms. The van der Waals surface area contributed by atoms with E-state index in [1.807, 2.05) is 4.90 Å². The lowest BCUT2D eigenvalue weighted by Gasteiger charge is -2.41. The minimum absolute atomic E-state index is 0.00510. The molecule has 0 bridgehead atoms. The number of benzene rings is 1. The van der Waals surface area contributed by atoms with Crippen LogP contribution in [0.5, 0.6) is 0 Å². The standard InChI is InChI=1S/C14H18ClN3O5S2/c1-18-6-5-14(17-21,8-11(18)24)12(13(19)20)16-25(22,23)10-4-2-3-9(15)7-10/h2-4,7,11-12,16,24H,5-6,8H2,1H3,(H,19,20). The van der Waals surface area contributed by atoms with E-state index in [1.165, 1.54) is 24.3 Å². The molecule has 2 N–H and O–H groups in total. The average Bonchev–Trinajstić information content (AvgIpc) is 2.55. The molecule has 0 amide bonds. The Kier molecular flexibility index (Phi) is 6.10. The van der Waals surface area contributed by atoms with Gasteiger partial charge in [-0.2, -0.15) is 22.3 Å². The highest BCUT2D eigenvalue weighted by molar-refractivity contribution is 7.89. The lowest BCUT2D eigenvalue weighted by Crippen LogP contribution is -2.60. The molecule has 1 aromatic carbocycles. The van der Waals surface area contributed by atoms with Crippen LogP contribution >= 0.6 is 24.2 Å². The minimum Gasteiger partial charge on any atom is -0.480 e. The van der Waals surface area contributed by atoms with E-state index in [0.717, 1.165) is 0 Å². The maximum absolute atomic E-state index is 12.5. The third kappa shape index (κ3) is 4.32. The molecule has 1 aliphatic rings. The Morgan fingerprint density at radius 2 is 2.24 bits per heavy atom. The summed E-state index contributed by atoms with van der Waals surface area (Å²) in [5, 5.41) is 12.3. The van der Waals surface area contributed by atoms with Crippen molar-refractivity contribution in [2.45, 2.75) is 34.7 Å². The van der Waals surface area contributed by atoms with Crippen LogP contribution in [-0.4, -0.2) is 54.9 Å². The molecule has 1 aromatic rings. The number of halogens is 1. The number of hydrogen-bond donors (Lipinski definition) is 3. The minimum atomic E-state index is -4.21. The molecule has 0 saturated carbocycles. The van der Waals surface area contributed by atoms with Gasteiger partial charge in [-0.25, -0.2) is 8.42 Å². The molecular weight excluding hydrogens is 390 g/mol. The number of hydrogen-bond acceptors (Lipinski definition) is 7. The molecule has 0 spiro atoms. The third-order valence-electron chi connectivity index (χ3n) is 4.29. The van der Waals surface area contributed by atoms with Crippen LogP contribution in [0.3, 0.4) is 0 Å². The fourth-order valence-electron chi connectivity index (χ4n) is 2.74. The van der Waals surface area contributed by atoms with Gasteiger partial charge in [0.05, 0.1) is 10.3 Å². The normalized spacial score (nSPS) is 26.1. The zero-order chi connectivity index (χ0) is 18.8. The number of carboxylic acids is 1. The lowest BCUT2D eigenvalue weighted by molar-refractivity contribution is -0.141. The summed E-state index contributed by atoms with van der Waals surface area (Å²) in [5.74, 6) is -1.48. The van der Waals surface area contributed by atoms with Crippen molar-refractivity contribution in [3.63, 3.8) is 0 Å². The molecule has 0 aromatic heterocycles. The molecule has 0 radical (unpaired) electrons. The second-order valence-electron chi connectivity index (χ2n) is 5.96. The summed E-state index contributed by atoms with van der Waals surface area (Å²) in [5.41, 5.74) is -1.63. The summed E-state index contributed by atoms with van der Waals surface area (Å²) in [4.78, 5) is 24.9. The predicted octanol–water partition coefficient (Wildman–Crippen LogP) is 1.56. The van der Waals surface area contributed by atoms with Crippen LogP contribution in [0.1, 0.15) is 12.8 Å². The summed E-state index contributed by atoms with van der Waals surface area (Å²) in [6, 6.07) is 3.69. The van der Waals surface area contributed by atoms with Crippen LogP contribution < -0.4 is 4.72 Å². The van der Waals surface area contributed by atoms with Crippen molar-refractivity contribution < 1.29 is 18.3 Å². The topological polar surface area (TPSA) is 116 Å². The van der Waals surface area contributed by atoms with Gasteiger partial charge in [0.25, 0.3) is 0 Å². The monoisotopic (exact) mass is 407 g/mol. The zero-order valence-corrected chi connectivity index (χ0v) is 15.8.